The van der Waals surface area contributed by atoms with Crippen LogP contribution in [0.2, 0.25) is 10.0 Å². The molecule has 0 amide bonds. The minimum Gasteiger partial charge on any atom is -0.430 e. The first-order chi connectivity index (χ1) is 13.9. The number of nitrogens with zero attached hydrogens (tertiary/aromatic N) is 4. The van der Waals surface area contributed by atoms with Gasteiger partial charge < -0.3 is 9.64 Å². The molecule has 0 radical (unpaired) electrons. The molecule has 0 spiro atoms. The summed E-state index contributed by atoms with van der Waals surface area (Å²) in [6, 6.07) is 9.41. The fourth-order valence-corrected chi connectivity index (χ4v) is 3.66. The highest BCUT2D eigenvalue weighted by atomic mass is 35.5. The van der Waals surface area contributed by atoms with E-state index in [0.717, 1.165) is 34.7 Å². The molecule has 152 valence electrons. The van der Waals surface area contributed by atoms with Crippen molar-refractivity contribution in [3.63, 3.8) is 0 Å². The lowest BCUT2D eigenvalue weighted by Gasteiger charge is -2.11. The van der Waals surface area contributed by atoms with Crippen LogP contribution in [-0.2, 0) is 6.42 Å². The molecular formula is C21H22Cl2N4OS. The van der Waals surface area contributed by atoms with Crippen molar-refractivity contribution >= 4 is 46.8 Å². The van der Waals surface area contributed by atoms with Crippen LogP contribution in [-0.4, -0.2) is 34.2 Å². The Morgan fingerprint density at radius 3 is 2.59 bits per heavy atom. The topological polar surface area (TPSA) is 50.6 Å². The first-order valence-electron chi connectivity index (χ1n) is 9.16. The third-order valence-electron chi connectivity index (χ3n) is 4.43. The Balaban J connectivity index is 1.76. The summed E-state index contributed by atoms with van der Waals surface area (Å²) in [7, 11) is 1.99. The smallest absolute Gasteiger partial charge is 0.298 e. The van der Waals surface area contributed by atoms with Gasteiger partial charge in [-0.3, -0.25) is 0 Å². The van der Waals surface area contributed by atoms with Crippen LogP contribution in [0.25, 0.3) is 0 Å². The fourth-order valence-electron chi connectivity index (χ4n) is 2.57. The highest BCUT2D eigenvalue weighted by Gasteiger charge is 2.13. The molecule has 1 heterocycles. The van der Waals surface area contributed by atoms with Gasteiger partial charge in [0.05, 0.1) is 12.0 Å². The van der Waals surface area contributed by atoms with Crippen molar-refractivity contribution in [3.05, 3.63) is 62.9 Å². The van der Waals surface area contributed by atoms with Gasteiger partial charge in [0, 0.05) is 41.6 Å². The quantitative estimate of drug-likeness (QED) is 0.307. The van der Waals surface area contributed by atoms with Crippen LogP contribution in [0.4, 0.5) is 5.69 Å². The number of benzene rings is 2. The van der Waals surface area contributed by atoms with Gasteiger partial charge in [0.15, 0.2) is 5.82 Å². The largest absolute Gasteiger partial charge is 0.430 e. The van der Waals surface area contributed by atoms with E-state index in [1.54, 1.807) is 12.1 Å². The lowest BCUT2D eigenvalue weighted by atomic mass is 10.1. The summed E-state index contributed by atoms with van der Waals surface area (Å²) in [4.78, 5) is 11.0. The summed E-state index contributed by atoms with van der Waals surface area (Å²) >= 11 is 13.7. The van der Waals surface area contributed by atoms with Gasteiger partial charge in [0.25, 0.3) is 5.19 Å². The summed E-state index contributed by atoms with van der Waals surface area (Å²) in [6.07, 6.45) is 2.29. The highest BCUT2D eigenvalue weighted by molar-refractivity contribution is 7.07. The number of aromatic nitrogens is 2. The predicted octanol–water partition coefficient (Wildman–Crippen LogP) is 6.46. The maximum Gasteiger partial charge on any atom is 0.298 e. The minimum absolute atomic E-state index is 0.453. The Kier molecular flexibility index (Phi) is 7.11. The van der Waals surface area contributed by atoms with E-state index in [0.29, 0.717) is 27.5 Å². The number of aryl methyl sites for hydroxylation is 2. The molecule has 0 atom stereocenters. The molecule has 0 aliphatic rings. The number of hydrogen-bond acceptors (Lipinski definition) is 5. The molecule has 3 rings (SSSR count). The van der Waals surface area contributed by atoms with Crippen molar-refractivity contribution in [2.24, 2.45) is 4.99 Å². The van der Waals surface area contributed by atoms with Crippen LogP contribution in [0.3, 0.4) is 0 Å². The first-order valence-corrected chi connectivity index (χ1v) is 10.7. The van der Waals surface area contributed by atoms with Gasteiger partial charge >= 0.3 is 0 Å². The number of rotatable bonds is 7. The van der Waals surface area contributed by atoms with Crippen LogP contribution in [0.5, 0.6) is 10.9 Å². The summed E-state index contributed by atoms with van der Waals surface area (Å²) in [6.45, 7) is 6.98. The Morgan fingerprint density at radius 1 is 1.17 bits per heavy atom. The maximum absolute atomic E-state index is 6.24. The zero-order valence-electron chi connectivity index (χ0n) is 16.7. The molecule has 2 aromatic carbocycles. The Hall–Kier alpha value is -2.15. The molecule has 0 saturated carbocycles. The maximum atomic E-state index is 6.24. The SMILES string of the molecule is CCN(C)/C=N\c1cc(C)c(Oc2nc(Cc3c(Cl)cccc3Cl)ns2)cc1C. The van der Waals surface area contributed by atoms with Gasteiger partial charge in [-0.2, -0.15) is 9.36 Å². The molecule has 1 aromatic heterocycles. The Morgan fingerprint density at radius 2 is 1.90 bits per heavy atom. The molecule has 0 aliphatic carbocycles. The Labute approximate surface area is 185 Å². The second kappa shape index (κ2) is 9.57. The van der Waals surface area contributed by atoms with E-state index in [-0.39, 0.29) is 0 Å². The van der Waals surface area contributed by atoms with E-state index in [2.05, 4.69) is 21.3 Å². The third kappa shape index (κ3) is 5.47. The van der Waals surface area contributed by atoms with Gasteiger partial charge in [-0.1, -0.05) is 29.3 Å². The molecule has 0 bridgehead atoms. The summed E-state index contributed by atoms with van der Waals surface area (Å²) in [5, 5.41) is 1.69. The van der Waals surface area contributed by atoms with Gasteiger partial charge in [0.1, 0.15) is 5.75 Å². The number of ether oxygens (including phenoxy) is 1. The van der Waals surface area contributed by atoms with Gasteiger partial charge in [0.2, 0.25) is 0 Å². The number of hydrogen-bond donors (Lipinski definition) is 0. The summed E-state index contributed by atoms with van der Waals surface area (Å²) in [5.74, 6) is 1.36. The van der Waals surface area contributed by atoms with E-state index in [4.69, 9.17) is 27.9 Å². The fraction of sp³-hybridized carbons (Fsp3) is 0.286. The van der Waals surface area contributed by atoms with Crippen LogP contribution in [0, 0.1) is 13.8 Å². The Bertz CT molecular complexity index is 1020. The van der Waals surface area contributed by atoms with Crippen LogP contribution >= 0.6 is 34.7 Å². The van der Waals surface area contributed by atoms with Crippen LogP contribution < -0.4 is 4.74 Å². The van der Waals surface area contributed by atoms with Crippen LogP contribution in [0.1, 0.15) is 29.4 Å². The van der Waals surface area contributed by atoms with Gasteiger partial charge in [-0.05, 0) is 61.7 Å². The molecule has 0 saturated heterocycles. The molecular weight excluding hydrogens is 427 g/mol. The summed E-state index contributed by atoms with van der Waals surface area (Å²) in [5.41, 5.74) is 3.74. The van der Waals surface area contributed by atoms with E-state index < -0.39 is 0 Å². The van der Waals surface area contributed by atoms with Crippen molar-refractivity contribution in [3.8, 4) is 10.9 Å². The van der Waals surface area contributed by atoms with E-state index in [9.17, 15) is 0 Å². The van der Waals surface area contributed by atoms with Crippen molar-refractivity contribution in [2.75, 3.05) is 13.6 Å². The van der Waals surface area contributed by atoms with E-state index in [1.807, 2.05) is 50.3 Å². The van der Waals surface area contributed by atoms with Crippen molar-refractivity contribution < 1.29 is 4.74 Å². The molecule has 0 N–H and O–H groups in total. The standard InChI is InChI=1S/C21H22Cl2N4OS/c1-5-27(4)12-24-18-9-14(3)19(10-13(18)2)28-21-25-20(26-29-21)11-15-16(22)7-6-8-17(15)23/h6-10,12H,5,11H2,1-4H3/b24-12-. The average molecular weight is 449 g/mol. The predicted molar refractivity (Wildman–Crippen MR) is 122 cm³/mol. The molecule has 5 nitrogen and oxygen atoms in total. The zero-order valence-corrected chi connectivity index (χ0v) is 19.1. The highest BCUT2D eigenvalue weighted by Crippen LogP contribution is 2.33. The number of aliphatic imine (C=N–C) groups is 1. The molecule has 0 unspecified atom stereocenters. The van der Waals surface area contributed by atoms with Gasteiger partial charge in [-0.15, -0.1) is 0 Å². The minimum atomic E-state index is 0.453. The monoisotopic (exact) mass is 448 g/mol. The molecule has 29 heavy (non-hydrogen) atoms. The summed E-state index contributed by atoms with van der Waals surface area (Å²) < 4.78 is 10.4. The molecule has 0 fully saturated rings. The molecule has 3 aromatic rings. The van der Waals surface area contributed by atoms with E-state index >= 15 is 0 Å². The normalized spacial score (nSPS) is 11.2. The van der Waals surface area contributed by atoms with E-state index in [1.165, 1.54) is 11.5 Å². The molecule has 8 heteroatoms. The van der Waals surface area contributed by atoms with Crippen LogP contribution in [0.15, 0.2) is 35.3 Å². The lowest BCUT2D eigenvalue weighted by Crippen LogP contribution is -2.14. The second-order valence-corrected chi connectivity index (χ2v) is 8.21. The first kappa shape index (κ1) is 21.6. The lowest BCUT2D eigenvalue weighted by molar-refractivity contribution is 0.473. The number of halogens is 2. The van der Waals surface area contributed by atoms with Crippen molar-refractivity contribution in [1.82, 2.24) is 14.3 Å². The second-order valence-electron chi connectivity index (χ2n) is 6.68. The van der Waals surface area contributed by atoms with Crippen molar-refractivity contribution in [1.29, 1.82) is 0 Å². The average Bonchev–Trinajstić information content (AvgIpc) is 3.13. The van der Waals surface area contributed by atoms with Crippen molar-refractivity contribution in [2.45, 2.75) is 27.2 Å². The van der Waals surface area contributed by atoms with Gasteiger partial charge in [-0.25, -0.2) is 4.99 Å². The third-order valence-corrected chi connectivity index (χ3v) is 5.77. The molecule has 0 aliphatic heterocycles. The zero-order chi connectivity index (χ0) is 21.0.